The van der Waals surface area contributed by atoms with Crippen LogP contribution in [0.15, 0.2) is 30.6 Å². The van der Waals surface area contributed by atoms with Gasteiger partial charge >= 0.3 is 6.03 Å². The number of imidazole rings is 1. The van der Waals surface area contributed by atoms with E-state index >= 15 is 0 Å². The number of nitrogens with one attached hydrogen (secondary N) is 2. The minimum absolute atomic E-state index is 0.0608. The number of urea groups is 1. The fourth-order valence-corrected chi connectivity index (χ4v) is 5.25. The molecule has 3 amide bonds. The first-order valence-electron chi connectivity index (χ1n) is 10.4. The summed E-state index contributed by atoms with van der Waals surface area (Å²) >= 11 is 1.46. The van der Waals surface area contributed by atoms with Crippen molar-refractivity contribution in [3.05, 3.63) is 41.2 Å². The second-order valence-corrected chi connectivity index (χ2v) is 8.98. The number of amides is 3. The van der Waals surface area contributed by atoms with Crippen LogP contribution in [0, 0.1) is 0 Å². The number of benzene rings is 1. The Morgan fingerprint density at radius 3 is 2.90 bits per heavy atom. The number of hydrogen-bond acceptors (Lipinski definition) is 5. The summed E-state index contributed by atoms with van der Waals surface area (Å²) in [6.07, 6.45) is 6.87. The van der Waals surface area contributed by atoms with Crippen LogP contribution in [0.3, 0.4) is 0 Å². The highest BCUT2D eigenvalue weighted by Crippen LogP contribution is 2.29. The van der Waals surface area contributed by atoms with Crippen molar-refractivity contribution in [3.63, 3.8) is 0 Å². The van der Waals surface area contributed by atoms with Gasteiger partial charge in [-0.2, -0.15) is 0 Å². The van der Waals surface area contributed by atoms with Gasteiger partial charge in [-0.1, -0.05) is 36.3 Å². The van der Waals surface area contributed by atoms with Crippen LogP contribution in [0.4, 0.5) is 9.93 Å². The van der Waals surface area contributed by atoms with Gasteiger partial charge < -0.3 is 14.8 Å². The quantitative estimate of drug-likeness (QED) is 0.673. The molecule has 1 fully saturated rings. The van der Waals surface area contributed by atoms with Crippen LogP contribution in [0.5, 0.6) is 0 Å². The number of carbonyl (C=O) groups excluding carboxylic acids is 2. The summed E-state index contributed by atoms with van der Waals surface area (Å²) in [5.41, 5.74) is 2.83. The first kappa shape index (κ1) is 19.0. The molecule has 8 nitrogen and oxygen atoms in total. The van der Waals surface area contributed by atoms with Crippen LogP contribution in [0.2, 0.25) is 0 Å². The van der Waals surface area contributed by atoms with E-state index in [0.29, 0.717) is 24.6 Å². The third kappa shape index (κ3) is 3.89. The molecule has 0 bridgehead atoms. The Balaban J connectivity index is 1.21. The van der Waals surface area contributed by atoms with Gasteiger partial charge in [0, 0.05) is 23.9 Å². The number of nitrogens with zero attached hydrogens (tertiary/aromatic N) is 4. The number of thiazole rings is 1. The largest absolute Gasteiger partial charge is 0.336 e. The van der Waals surface area contributed by atoms with Gasteiger partial charge in [-0.3, -0.25) is 10.1 Å². The lowest BCUT2D eigenvalue weighted by Crippen LogP contribution is -2.37. The van der Waals surface area contributed by atoms with E-state index < -0.39 is 0 Å². The SMILES string of the molecule is O=C(Nc1nc2c(s1)CN(C(=O)Cn1cnc3ccccc31)CC2)NC1CCCC1. The predicted octanol–water partition coefficient (Wildman–Crippen LogP) is 3.14. The molecular formula is C21H24N6O2S. The third-order valence-electron chi connectivity index (χ3n) is 5.83. The van der Waals surface area contributed by atoms with Gasteiger partial charge in [-0.25, -0.2) is 14.8 Å². The van der Waals surface area contributed by atoms with Crippen LogP contribution >= 0.6 is 11.3 Å². The Morgan fingerprint density at radius 2 is 2.03 bits per heavy atom. The topological polar surface area (TPSA) is 92.2 Å². The number of rotatable bonds is 4. The van der Waals surface area contributed by atoms with Crippen LogP contribution < -0.4 is 10.6 Å². The van der Waals surface area contributed by atoms with Gasteiger partial charge in [0.2, 0.25) is 5.91 Å². The van der Waals surface area contributed by atoms with Crippen LogP contribution in [0.1, 0.15) is 36.3 Å². The van der Waals surface area contributed by atoms with Gasteiger partial charge in [0.05, 0.1) is 29.6 Å². The molecule has 0 spiro atoms. The zero-order chi connectivity index (χ0) is 20.5. The van der Waals surface area contributed by atoms with Crippen molar-refractivity contribution >= 4 is 39.4 Å². The molecule has 3 aromatic rings. The van der Waals surface area contributed by atoms with E-state index in [1.807, 2.05) is 33.7 Å². The number of para-hydroxylation sites is 2. The summed E-state index contributed by atoms with van der Waals surface area (Å²) in [7, 11) is 0. The average Bonchev–Trinajstić information content (AvgIpc) is 3.47. The van der Waals surface area contributed by atoms with E-state index in [1.165, 1.54) is 24.2 Å². The lowest BCUT2D eigenvalue weighted by atomic mass is 10.2. The number of anilines is 1. The monoisotopic (exact) mass is 424 g/mol. The van der Waals surface area contributed by atoms with Gasteiger partial charge in [0.15, 0.2) is 5.13 Å². The Hall–Kier alpha value is -2.94. The molecule has 2 aliphatic rings. The minimum Gasteiger partial charge on any atom is -0.336 e. The van der Waals surface area contributed by atoms with E-state index in [0.717, 1.165) is 34.4 Å². The van der Waals surface area contributed by atoms with Gasteiger partial charge in [0.25, 0.3) is 0 Å². The molecule has 2 aromatic heterocycles. The number of aromatic nitrogens is 3. The van der Waals surface area contributed by atoms with E-state index in [4.69, 9.17) is 0 Å². The molecule has 2 N–H and O–H groups in total. The van der Waals surface area contributed by atoms with Crippen molar-refractivity contribution < 1.29 is 9.59 Å². The van der Waals surface area contributed by atoms with E-state index in [9.17, 15) is 9.59 Å². The lowest BCUT2D eigenvalue weighted by Gasteiger charge is -2.26. The molecule has 0 saturated heterocycles. The summed E-state index contributed by atoms with van der Waals surface area (Å²) in [5, 5.41) is 6.49. The van der Waals surface area contributed by atoms with Crippen molar-refractivity contribution in [2.24, 2.45) is 0 Å². The second kappa shape index (κ2) is 8.06. The molecule has 0 atom stereocenters. The summed E-state index contributed by atoms with van der Waals surface area (Å²) in [5.74, 6) is 0.0608. The maximum absolute atomic E-state index is 12.9. The van der Waals surface area contributed by atoms with E-state index in [-0.39, 0.29) is 24.5 Å². The molecule has 5 rings (SSSR count). The maximum atomic E-state index is 12.9. The summed E-state index contributed by atoms with van der Waals surface area (Å²) in [4.78, 5) is 36.9. The highest BCUT2D eigenvalue weighted by molar-refractivity contribution is 7.15. The van der Waals surface area contributed by atoms with E-state index in [1.54, 1.807) is 6.33 Å². The fraction of sp³-hybridized carbons (Fsp3) is 0.429. The van der Waals surface area contributed by atoms with Crippen molar-refractivity contribution in [1.82, 2.24) is 24.8 Å². The molecule has 0 unspecified atom stereocenters. The fourth-order valence-electron chi connectivity index (χ4n) is 4.23. The zero-order valence-corrected chi connectivity index (χ0v) is 17.5. The van der Waals surface area contributed by atoms with Gasteiger partial charge in [0.1, 0.15) is 6.54 Å². The Kier molecular flexibility index (Phi) is 5.12. The average molecular weight is 425 g/mol. The minimum atomic E-state index is -0.187. The first-order valence-corrected chi connectivity index (χ1v) is 11.2. The normalized spacial score (nSPS) is 16.6. The smallest absolute Gasteiger partial charge is 0.321 e. The summed E-state index contributed by atoms with van der Waals surface area (Å²) < 4.78 is 1.89. The third-order valence-corrected chi connectivity index (χ3v) is 6.83. The standard InChI is InChI=1S/C21H24N6O2S/c28-19(12-27-13-22-15-7-3-4-8-17(15)27)26-10-9-16-18(11-26)30-21(24-16)25-20(29)23-14-5-1-2-6-14/h3-4,7-8,13-14H,1-2,5-6,9-12H2,(H2,23,24,25,29). The molecule has 3 heterocycles. The maximum Gasteiger partial charge on any atom is 0.321 e. The summed E-state index contributed by atoms with van der Waals surface area (Å²) in [6, 6.07) is 7.89. The predicted molar refractivity (Wildman–Crippen MR) is 115 cm³/mol. The molecule has 30 heavy (non-hydrogen) atoms. The van der Waals surface area contributed by atoms with Crippen LogP contribution in [-0.4, -0.2) is 44.0 Å². The molecule has 1 aromatic carbocycles. The number of fused-ring (bicyclic) bond motifs is 2. The number of carbonyl (C=O) groups is 2. The van der Waals surface area contributed by atoms with Crippen LogP contribution in [0.25, 0.3) is 11.0 Å². The van der Waals surface area contributed by atoms with Crippen LogP contribution in [-0.2, 0) is 24.3 Å². The van der Waals surface area contributed by atoms with Crippen molar-refractivity contribution in [3.8, 4) is 0 Å². The zero-order valence-electron chi connectivity index (χ0n) is 16.6. The van der Waals surface area contributed by atoms with E-state index in [2.05, 4.69) is 20.6 Å². The Bertz CT molecular complexity index is 1080. The Labute approximate surface area is 178 Å². The van der Waals surface area contributed by atoms with Gasteiger partial charge in [-0.05, 0) is 25.0 Å². The summed E-state index contributed by atoms with van der Waals surface area (Å²) in [6.45, 7) is 1.43. The second-order valence-electron chi connectivity index (χ2n) is 7.90. The molecular weight excluding hydrogens is 400 g/mol. The molecule has 1 aliphatic heterocycles. The lowest BCUT2D eigenvalue weighted by molar-refractivity contribution is -0.132. The van der Waals surface area contributed by atoms with Crippen molar-refractivity contribution in [2.45, 2.75) is 51.2 Å². The first-order chi connectivity index (χ1) is 14.7. The molecule has 0 radical (unpaired) electrons. The Morgan fingerprint density at radius 1 is 1.20 bits per heavy atom. The number of hydrogen-bond donors (Lipinski definition) is 2. The van der Waals surface area contributed by atoms with Crippen molar-refractivity contribution in [2.75, 3.05) is 11.9 Å². The van der Waals surface area contributed by atoms with Crippen molar-refractivity contribution in [1.29, 1.82) is 0 Å². The molecule has 156 valence electrons. The van der Waals surface area contributed by atoms with Gasteiger partial charge in [-0.15, -0.1) is 0 Å². The molecule has 1 aliphatic carbocycles. The molecule has 1 saturated carbocycles. The highest BCUT2D eigenvalue weighted by Gasteiger charge is 2.25. The highest BCUT2D eigenvalue weighted by atomic mass is 32.1. The molecule has 9 heteroatoms.